The van der Waals surface area contributed by atoms with E-state index in [1.807, 2.05) is 0 Å². The van der Waals surface area contributed by atoms with Crippen LogP contribution in [0.4, 0.5) is 9.52 Å². The number of oxime groups is 1. The fraction of sp³-hybridized carbons (Fsp3) is 0.286. The van der Waals surface area contributed by atoms with Crippen molar-refractivity contribution >= 4 is 28.1 Å². The third-order valence-electron chi connectivity index (χ3n) is 3.25. The quantitative estimate of drug-likeness (QED) is 0.942. The Morgan fingerprint density at radius 1 is 1.45 bits per heavy atom. The van der Waals surface area contributed by atoms with Crippen LogP contribution in [0.1, 0.15) is 23.9 Å². The van der Waals surface area contributed by atoms with Crippen LogP contribution in [0.2, 0.25) is 0 Å². The van der Waals surface area contributed by atoms with Crippen LogP contribution >= 0.6 is 11.3 Å². The van der Waals surface area contributed by atoms with E-state index in [1.54, 1.807) is 26.0 Å². The molecule has 0 radical (unpaired) electrons. The smallest absolute Gasteiger partial charge is 0.273 e. The number of carbonyl (C=O) groups is 1. The monoisotopic (exact) mass is 320 g/mol. The summed E-state index contributed by atoms with van der Waals surface area (Å²) in [5.74, 6) is -0.721. The molecular weight excluding hydrogens is 307 g/mol. The zero-order valence-corrected chi connectivity index (χ0v) is 12.8. The Hall–Kier alpha value is -2.35. The van der Waals surface area contributed by atoms with Crippen LogP contribution < -0.4 is 5.32 Å². The van der Waals surface area contributed by atoms with Crippen LogP contribution in [-0.2, 0) is 9.63 Å². The summed E-state index contributed by atoms with van der Waals surface area (Å²) in [5.41, 5.74) is -0.0183. The molecular formula is C14H13FN4O2S. The van der Waals surface area contributed by atoms with Crippen molar-refractivity contribution in [2.45, 2.75) is 25.9 Å². The first-order chi connectivity index (χ1) is 10.5. The van der Waals surface area contributed by atoms with Crippen LogP contribution in [0.25, 0.3) is 0 Å². The summed E-state index contributed by atoms with van der Waals surface area (Å²) in [7, 11) is 0. The van der Waals surface area contributed by atoms with Gasteiger partial charge in [0.05, 0.1) is 5.71 Å². The number of amides is 1. The summed E-state index contributed by atoms with van der Waals surface area (Å²) in [5, 5.41) is 15.4. The van der Waals surface area contributed by atoms with Crippen molar-refractivity contribution in [1.29, 1.82) is 0 Å². The molecule has 1 aliphatic heterocycles. The first-order valence-corrected chi connectivity index (χ1v) is 7.40. The molecule has 2 heterocycles. The van der Waals surface area contributed by atoms with Crippen LogP contribution in [0, 0.1) is 12.7 Å². The Labute approximate surface area is 130 Å². The molecule has 1 atom stereocenters. The molecule has 1 aromatic carbocycles. The van der Waals surface area contributed by atoms with Crippen molar-refractivity contribution in [1.82, 2.24) is 10.2 Å². The number of hydrogen-bond acceptors (Lipinski definition) is 6. The zero-order chi connectivity index (χ0) is 15.7. The van der Waals surface area contributed by atoms with Gasteiger partial charge in [-0.05, 0) is 26.0 Å². The molecule has 2 aromatic rings. The Balaban J connectivity index is 1.72. The van der Waals surface area contributed by atoms with Gasteiger partial charge in [0.25, 0.3) is 5.91 Å². The lowest BCUT2D eigenvalue weighted by molar-refractivity contribution is -0.135. The number of benzene rings is 1. The van der Waals surface area contributed by atoms with Gasteiger partial charge in [-0.1, -0.05) is 28.6 Å². The summed E-state index contributed by atoms with van der Waals surface area (Å²) in [6.07, 6.45) is 0.250. The lowest BCUT2D eigenvalue weighted by atomic mass is 9.95. The van der Waals surface area contributed by atoms with Gasteiger partial charge in [0, 0.05) is 12.0 Å². The van der Waals surface area contributed by atoms with E-state index in [9.17, 15) is 9.18 Å². The standard InChI is InChI=1S/C14H13FN4O2S/c1-8-17-18-13(22-8)16-12(20)14(2)7-11(19-21-14)9-4-3-5-10(15)6-9/h3-6H,7H2,1-2H3,(H,16,18,20)/t14-/m0/s1. The minimum absolute atomic E-state index is 0.250. The van der Waals surface area contributed by atoms with Gasteiger partial charge in [-0.2, -0.15) is 0 Å². The van der Waals surface area contributed by atoms with E-state index >= 15 is 0 Å². The number of nitrogens with zero attached hydrogens (tertiary/aromatic N) is 3. The van der Waals surface area contributed by atoms with Crippen molar-refractivity contribution in [2.24, 2.45) is 5.16 Å². The van der Waals surface area contributed by atoms with Crippen LogP contribution in [-0.4, -0.2) is 27.4 Å². The molecule has 0 spiro atoms. The Kier molecular flexibility index (Phi) is 3.61. The number of aromatic nitrogens is 2. The van der Waals surface area contributed by atoms with Crippen LogP contribution in [0.15, 0.2) is 29.4 Å². The van der Waals surface area contributed by atoms with Gasteiger partial charge in [0.15, 0.2) is 0 Å². The summed E-state index contributed by atoms with van der Waals surface area (Å²) in [6, 6.07) is 6.03. The predicted octanol–water partition coefficient (Wildman–Crippen LogP) is 2.51. The largest absolute Gasteiger partial charge is 0.379 e. The number of aryl methyl sites for hydroxylation is 1. The Morgan fingerprint density at radius 2 is 2.27 bits per heavy atom. The zero-order valence-electron chi connectivity index (χ0n) is 12.0. The van der Waals surface area contributed by atoms with E-state index in [-0.39, 0.29) is 18.1 Å². The maximum absolute atomic E-state index is 13.3. The lowest BCUT2D eigenvalue weighted by Gasteiger charge is -2.19. The lowest BCUT2D eigenvalue weighted by Crippen LogP contribution is -2.40. The normalized spacial score (nSPS) is 20.4. The highest BCUT2D eigenvalue weighted by atomic mass is 32.1. The summed E-state index contributed by atoms with van der Waals surface area (Å²) in [4.78, 5) is 17.6. The third-order valence-corrected chi connectivity index (χ3v) is 4.00. The van der Waals surface area contributed by atoms with Crippen molar-refractivity contribution in [3.8, 4) is 0 Å². The molecule has 1 N–H and O–H groups in total. The fourth-order valence-electron chi connectivity index (χ4n) is 2.06. The second kappa shape index (κ2) is 5.45. The molecule has 0 aliphatic carbocycles. The minimum atomic E-state index is -1.15. The average molecular weight is 320 g/mol. The number of halogens is 1. The van der Waals surface area contributed by atoms with Gasteiger partial charge in [-0.25, -0.2) is 4.39 Å². The predicted molar refractivity (Wildman–Crippen MR) is 80.3 cm³/mol. The molecule has 1 aliphatic rings. The van der Waals surface area contributed by atoms with E-state index in [2.05, 4.69) is 20.7 Å². The summed E-state index contributed by atoms with van der Waals surface area (Å²) in [6.45, 7) is 3.43. The molecule has 114 valence electrons. The first kappa shape index (κ1) is 14.6. The minimum Gasteiger partial charge on any atom is -0.379 e. The molecule has 1 amide bonds. The van der Waals surface area contributed by atoms with Gasteiger partial charge in [-0.3, -0.25) is 10.1 Å². The molecule has 1 aromatic heterocycles. The SMILES string of the molecule is Cc1nnc(NC(=O)[C@]2(C)CC(c3cccc(F)c3)=NO2)s1. The highest BCUT2D eigenvalue weighted by Crippen LogP contribution is 2.28. The number of hydrogen-bond donors (Lipinski definition) is 1. The molecule has 0 saturated carbocycles. The van der Waals surface area contributed by atoms with E-state index in [1.165, 1.54) is 23.5 Å². The van der Waals surface area contributed by atoms with Crippen molar-refractivity contribution < 1.29 is 14.0 Å². The van der Waals surface area contributed by atoms with E-state index in [0.29, 0.717) is 16.4 Å². The Bertz CT molecular complexity index is 761. The van der Waals surface area contributed by atoms with Crippen molar-refractivity contribution in [2.75, 3.05) is 5.32 Å². The number of anilines is 1. The van der Waals surface area contributed by atoms with Crippen molar-refractivity contribution in [3.63, 3.8) is 0 Å². The summed E-state index contributed by atoms with van der Waals surface area (Å²) < 4.78 is 13.3. The highest BCUT2D eigenvalue weighted by molar-refractivity contribution is 7.15. The van der Waals surface area contributed by atoms with Gasteiger partial charge in [-0.15, -0.1) is 10.2 Å². The number of rotatable bonds is 3. The van der Waals surface area contributed by atoms with Crippen molar-refractivity contribution in [3.05, 3.63) is 40.7 Å². The molecule has 0 unspecified atom stereocenters. The highest BCUT2D eigenvalue weighted by Gasteiger charge is 2.42. The number of carbonyl (C=O) groups excluding carboxylic acids is 1. The molecule has 22 heavy (non-hydrogen) atoms. The third kappa shape index (κ3) is 2.82. The van der Waals surface area contributed by atoms with E-state index in [4.69, 9.17) is 4.84 Å². The topological polar surface area (TPSA) is 76.5 Å². The van der Waals surface area contributed by atoms with Crippen LogP contribution in [0.5, 0.6) is 0 Å². The molecule has 6 nitrogen and oxygen atoms in total. The van der Waals surface area contributed by atoms with Gasteiger partial charge < -0.3 is 4.84 Å². The molecule has 0 bridgehead atoms. The second-order valence-corrected chi connectivity index (χ2v) is 6.31. The van der Waals surface area contributed by atoms with E-state index in [0.717, 1.165) is 5.01 Å². The number of nitrogens with one attached hydrogen (secondary N) is 1. The fourth-order valence-corrected chi connectivity index (χ4v) is 2.65. The van der Waals surface area contributed by atoms with E-state index < -0.39 is 5.60 Å². The second-order valence-electron chi connectivity index (χ2n) is 5.13. The first-order valence-electron chi connectivity index (χ1n) is 6.59. The maximum Gasteiger partial charge on any atom is 0.273 e. The maximum atomic E-state index is 13.3. The molecule has 8 heteroatoms. The summed E-state index contributed by atoms with van der Waals surface area (Å²) >= 11 is 1.28. The van der Waals surface area contributed by atoms with Gasteiger partial charge >= 0.3 is 0 Å². The molecule has 3 rings (SSSR count). The molecule has 0 saturated heterocycles. The average Bonchev–Trinajstić information content (AvgIpc) is 3.06. The van der Waals surface area contributed by atoms with Gasteiger partial charge in [0.1, 0.15) is 10.8 Å². The van der Waals surface area contributed by atoms with Crippen LogP contribution in [0.3, 0.4) is 0 Å². The molecule has 0 fully saturated rings. The Morgan fingerprint density at radius 3 is 2.95 bits per heavy atom. The van der Waals surface area contributed by atoms with Gasteiger partial charge in [0.2, 0.25) is 10.7 Å².